The summed E-state index contributed by atoms with van der Waals surface area (Å²) < 4.78 is 2.16. The van der Waals surface area contributed by atoms with Crippen LogP contribution < -0.4 is 10.6 Å². The number of hydrogen-bond acceptors (Lipinski definition) is 5. The van der Waals surface area contributed by atoms with E-state index in [9.17, 15) is 4.79 Å². The van der Waals surface area contributed by atoms with Crippen molar-refractivity contribution in [2.75, 3.05) is 18.1 Å². The van der Waals surface area contributed by atoms with Gasteiger partial charge in [-0.1, -0.05) is 11.8 Å². The molecule has 1 aromatic heterocycles. The van der Waals surface area contributed by atoms with Gasteiger partial charge in [0.25, 0.3) is 0 Å². The molecule has 1 aliphatic heterocycles. The molecule has 0 radical (unpaired) electrons. The van der Waals surface area contributed by atoms with Crippen molar-refractivity contribution >= 4 is 44.9 Å². The number of fused-ring (bicyclic) bond motifs is 1. The zero-order valence-electron chi connectivity index (χ0n) is 12.2. The molecule has 6 heteroatoms. The van der Waals surface area contributed by atoms with E-state index in [1.165, 1.54) is 0 Å². The number of anilines is 1. The molecule has 1 unspecified atom stereocenters. The van der Waals surface area contributed by atoms with E-state index in [0.717, 1.165) is 46.1 Å². The molecule has 1 atom stereocenters. The Kier molecular flexibility index (Phi) is 4.19. The minimum absolute atomic E-state index is 0.0520. The SMILES string of the molecule is CSc1nc2ccc(NC(=O)C3(C)CCCCN3)cc2s1. The Morgan fingerprint density at radius 3 is 3.05 bits per heavy atom. The quantitative estimate of drug-likeness (QED) is 0.850. The number of carbonyl (C=O) groups excluding carboxylic acids is 1. The smallest absolute Gasteiger partial charge is 0.244 e. The summed E-state index contributed by atoms with van der Waals surface area (Å²) in [5.74, 6) is 0.0520. The van der Waals surface area contributed by atoms with Crippen molar-refractivity contribution < 1.29 is 4.79 Å². The summed E-state index contributed by atoms with van der Waals surface area (Å²) in [5.41, 5.74) is 1.38. The van der Waals surface area contributed by atoms with Crippen molar-refractivity contribution in [1.29, 1.82) is 0 Å². The van der Waals surface area contributed by atoms with Crippen molar-refractivity contribution in [3.05, 3.63) is 18.2 Å². The molecular formula is C15H19N3OS2. The zero-order chi connectivity index (χ0) is 14.9. The van der Waals surface area contributed by atoms with Crippen LogP contribution in [0.5, 0.6) is 0 Å². The molecule has 0 aliphatic carbocycles. The molecule has 1 saturated heterocycles. The maximum atomic E-state index is 12.5. The second kappa shape index (κ2) is 5.94. The van der Waals surface area contributed by atoms with Crippen molar-refractivity contribution in [1.82, 2.24) is 10.3 Å². The monoisotopic (exact) mass is 321 g/mol. The van der Waals surface area contributed by atoms with E-state index >= 15 is 0 Å². The van der Waals surface area contributed by atoms with Crippen LogP contribution in [0.4, 0.5) is 5.69 Å². The van der Waals surface area contributed by atoms with Gasteiger partial charge < -0.3 is 10.6 Å². The Balaban J connectivity index is 1.79. The average molecular weight is 321 g/mol. The first-order valence-electron chi connectivity index (χ1n) is 7.12. The number of hydrogen-bond donors (Lipinski definition) is 2. The molecule has 4 nitrogen and oxygen atoms in total. The van der Waals surface area contributed by atoms with E-state index in [-0.39, 0.29) is 5.91 Å². The normalized spacial score (nSPS) is 22.4. The Bertz CT molecular complexity index is 662. The van der Waals surface area contributed by atoms with Crippen molar-refractivity contribution in [2.24, 2.45) is 0 Å². The molecule has 1 amide bonds. The van der Waals surface area contributed by atoms with Gasteiger partial charge in [0.05, 0.1) is 15.8 Å². The lowest BCUT2D eigenvalue weighted by Crippen LogP contribution is -2.54. The van der Waals surface area contributed by atoms with E-state index in [4.69, 9.17) is 0 Å². The summed E-state index contributed by atoms with van der Waals surface area (Å²) >= 11 is 3.30. The third kappa shape index (κ3) is 3.07. The van der Waals surface area contributed by atoms with E-state index < -0.39 is 5.54 Å². The van der Waals surface area contributed by atoms with Gasteiger partial charge in [-0.3, -0.25) is 4.79 Å². The van der Waals surface area contributed by atoms with Gasteiger partial charge in [0.15, 0.2) is 4.34 Å². The van der Waals surface area contributed by atoms with Crippen LogP contribution in [0.2, 0.25) is 0 Å². The third-order valence-corrected chi connectivity index (χ3v) is 5.92. The summed E-state index contributed by atoms with van der Waals surface area (Å²) in [4.78, 5) is 17.0. The lowest BCUT2D eigenvalue weighted by Gasteiger charge is -2.33. The summed E-state index contributed by atoms with van der Waals surface area (Å²) in [7, 11) is 0. The van der Waals surface area contributed by atoms with Gasteiger partial charge in [-0.2, -0.15) is 0 Å². The predicted molar refractivity (Wildman–Crippen MR) is 90.3 cm³/mol. The van der Waals surface area contributed by atoms with Crippen LogP contribution >= 0.6 is 23.1 Å². The number of thiazole rings is 1. The Hall–Kier alpha value is -1.11. The molecule has 2 N–H and O–H groups in total. The molecule has 2 aromatic rings. The van der Waals surface area contributed by atoms with Crippen molar-refractivity contribution in [2.45, 2.75) is 36.1 Å². The molecule has 0 spiro atoms. The van der Waals surface area contributed by atoms with Crippen molar-refractivity contribution in [3.8, 4) is 0 Å². The Labute approximate surface area is 132 Å². The highest BCUT2D eigenvalue weighted by Gasteiger charge is 2.34. The maximum Gasteiger partial charge on any atom is 0.244 e. The van der Waals surface area contributed by atoms with E-state index in [0.29, 0.717) is 0 Å². The number of piperidine rings is 1. The molecule has 3 rings (SSSR count). The number of rotatable bonds is 3. The molecule has 0 saturated carbocycles. The molecule has 1 aromatic carbocycles. The van der Waals surface area contributed by atoms with Crippen LogP contribution in [0, 0.1) is 0 Å². The fourth-order valence-corrected chi connectivity index (χ4v) is 4.12. The van der Waals surface area contributed by atoms with Gasteiger partial charge in [0.2, 0.25) is 5.91 Å². The topological polar surface area (TPSA) is 54.0 Å². The fourth-order valence-electron chi connectivity index (χ4n) is 2.59. The molecule has 1 fully saturated rings. The minimum atomic E-state index is -0.453. The van der Waals surface area contributed by atoms with Gasteiger partial charge in [-0.15, -0.1) is 11.3 Å². The van der Waals surface area contributed by atoms with Crippen LogP contribution in [0.25, 0.3) is 10.2 Å². The second-order valence-corrected chi connectivity index (χ2v) is 7.62. The lowest BCUT2D eigenvalue weighted by molar-refractivity contribution is -0.122. The standard InChI is InChI=1S/C15H19N3OS2/c1-15(7-3-4-8-16-15)13(19)17-10-5-6-11-12(9-10)21-14(18-11)20-2/h5-6,9,16H,3-4,7-8H2,1-2H3,(H,17,19). The van der Waals surface area contributed by atoms with E-state index in [2.05, 4.69) is 15.6 Å². The molecular weight excluding hydrogens is 302 g/mol. The largest absolute Gasteiger partial charge is 0.324 e. The first-order valence-corrected chi connectivity index (χ1v) is 9.16. The summed E-state index contributed by atoms with van der Waals surface area (Å²) in [6, 6.07) is 5.91. The van der Waals surface area contributed by atoms with Crippen LogP contribution in [-0.2, 0) is 4.79 Å². The third-order valence-electron chi connectivity index (χ3n) is 3.92. The Morgan fingerprint density at radius 2 is 2.33 bits per heavy atom. The van der Waals surface area contributed by atoms with Crippen LogP contribution in [0.3, 0.4) is 0 Å². The van der Waals surface area contributed by atoms with Gasteiger partial charge >= 0.3 is 0 Å². The zero-order valence-corrected chi connectivity index (χ0v) is 13.9. The number of benzene rings is 1. The number of nitrogens with zero attached hydrogens (tertiary/aromatic N) is 1. The first-order chi connectivity index (χ1) is 10.1. The predicted octanol–water partition coefficient (Wildman–Crippen LogP) is 3.49. The minimum Gasteiger partial charge on any atom is -0.324 e. The van der Waals surface area contributed by atoms with Gasteiger partial charge in [0.1, 0.15) is 0 Å². The lowest BCUT2D eigenvalue weighted by atomic mass is 9.90. The van der Waals surface area contributed by atoms with Crippen LogP contribution in [-0.4, -0.2) is 29.2 Å². The summed E-state index contributed by atoms with van der Waals surface area (Å²) in [6.45, 7) is 2.90. The van der Waals surface area contributed by atoms with E-state index in [1.54, 1.807) is 23.1 Å². The van der Waals surface area contributed by atoms with Crippen molar-refractivity contribution in [3.63, 3.8) is 0 Å². The molecule has 112 valence electrons. The van der Waals surface area contributed by atoms with Gasteiger partial charge in [-0.25, -0.2) is 4.98 Å². The fraction of sp³-hybridized carbons (Fsp3) is 0.467. The summed E-state index contributed by atoms with van der Waals surface area (Å²) in [5, 5.41) is 6.38. The molecule has 0 bridgehead atoms. The number of aromatic nitrogens is 1. The second-order valence-electron chi connectivity index (χ2n) is 5.54. The van der Waals surface area contributed by atoms with Gasteiger partial charge in [0, 0.05) is 5.69 Å². The number of amides is 1. The first kappa shape index (κ1) is 14.8. The highest BCUT2D eigenvalue weighted by atomic mass is 32.2. The average Bonchev–Trinajstić information content (AvgIpc) is 2.90. The molecule has 2 heterocycles. The molecule has 21 heavy (non-hydrogen) atoms. The van der Waals surface area contributed by atoms with E-state index in [1.807, 2.05) is 31.4 Å². The number of nitrogens with one attached hydrogen (secondary N) is 2. The van der Waals surface area contributed by atoms with Crippen LogP contribution in [0.1, 0.15) is 26.2 Å². The van der Waals surface area contributed by atoms with Crippen LogP contribution in [0.15, 0.2) is 22.5 Å². The molecule has 1 aliphatic rings. The highest BCUT2D eigenvalue weighted by molar-refractivity contribution is 8.00. The highest BCUT2D eigenvalue weighted by Crippen LogP contribution is 2.30. The maximum absolute atomic E-state index is 12.5. The summed E-state index contributed by atoms with van der Waals surface area (Å²) in [6.07, 6.45) is 5.16. The Morgan fingerprint density at radius 1 is 1.48 bits per heavy atom. The number of thioether (sulfide) groups is 1. The number of carbonyl (C=O) groups is 1. The van der Waals surface area contributed by atoms with Gasteiger partial charge in [-0.05, 0) is 57.2 Å².